The highest BCUT2D eigenvalue weighted by Crippen LogP contribution is 2.30. The van der Waals surface area contributed by atoms with E-state index in [9.17, 15) is 9.59 Å². The zero-order valence-electron chi connectivity index (χ0n) is 17.3. The summed E-state index contributed by atoms with van der Waals surface area (Å²) in [5.74, 6) is 4.32. The van der Waals surface area contributed by atoms with E-state index < -0.39 is 5.97 Å². The third-order valence-corrected chi connectivity index (χ3v) is 4.68. The van der Waals surface area contributed by atoms with Gasteiger partial charge in [-0.25, -0.2) is 9.48 Å². The number of esters is 1. The first kappa shape index (κ1) is 21.9. The molecule has 2 heterocycles. The second kappa shape index (κ2) is 10.2. The highest BCUT2D eigenvalue weighted by Gasteiger charge is 2.34. The van der Waals surface area contributed by atoms with Crippen molar-refractivity contribution in [3.63, 3.8) is 0 Å². The van der Waals surface area contributed by atoms with Crippen LogP contribution in [0.25, 0.3) is 0 Å². The number of carbonyl (C=O) groups is 2. The molecule has 0 radical (unpaired) electrons. The van der Waals surface area contributed by atoms with Crippen LogP contribution in [0.1, 0.15) is 65.6 Å². The van der Waals surface area contributed by atoms with E-state index >= 15 is 0 Å². The second-order valence-electron chi connectivity index (χ2n) is 7.46. The van der Waals surface area contributed by atoms with Crippen LogP contribution in [-0.2, 0) is 19.1 Å². The lowest BCUT2D eigenvalue weighted by Gasteiger charge is -2.22. The minimum Gasteiger partial charge on any atom is -0.456 e. The molecule has 0 aromatic carbocycles. The van der Waals surface area contributed by atoms with Crippen LogP contribution in [0.4, 0.5) is 0 Å². The predicted molar refractivity (Wildman–Crippen MR) is 103 cm³/mol. The van der Waals surface area contributed by atoms with E-state index in [4.69, 9.17) is 9.47 Å². The van der Waals surface area contributed by atoms with Gasteiger partial charge in [0.1, 0.15) is 0 Å². The van der Waals surface area contributed by atoms with Crippen LogP contribution in [0.5, 0.6) is 0 Å². The molecule has 0 saturated carbocycles. The average molecular weight is 390 g/mol. The number of carbonyl (C=O) groups excluding carboxylic acids is 2. The Bertz CT molecular complexity index is 734. The molecule has 1 saturated heterocycles. The smallest absolute Gasteiger partial charge is 0.384 e. The molecule has 1 fully saturated rings. The van der Waals surface area contributed by atoms with Crippen LogP contribution in [0.2, 0.25) is 0 Å². The molecule has 4 atom stereocenters. The van der Waals surface area contributed by atoms with Gasteiger partial charge in [0.05, 0.1) is 37.0 Å². The molecule has 2 rings (SSSR count). The van der Waals surface area contributed by atoms with Crippen molar-refractivity contribution in [1.29, 1.82) is 0 Å². The van der Waals surface area contributed by atoms with Gasteiger partial charge < -0.3 is 14.8 Å². The fourth-order valence-corrected chi connectivity index (χ4v) is 3.18. The maximum absolute atomic E-state index is 12.2. The summed E-state index contributed by atoms with van der Waals surface area (Å²) in [4.78, 5) is 23.5. The van der Waals surface area contributed by atoms with Crippen molar-refractivity contribution in [2.75, 3.05) is 6.61 Å². The minimum absolute atomic E-state index is 0.0368. The lowest BCUT2D eigenvalue weighted by Crippen LogP contribution is -2.39. The van der Waals surface area contributed by atoms with Crippen LogP contribution in [0, 0.1) is 17.8 Å². The molecule has 28 heavy (non-hydrogen) atoms. The van der Waals surface area contributed by atoms with Gasteiger partial charge in [-0.3, -0.25) is 4.79 Å². The number of nitrogens with one attached hydrogen (secondary N) is 1. The van der Waals surface area contributed by atoms with Gasteiger partial charge in [0.2, 0.25) is 5.91 Å². The summed E-state index contributed by atoms with van der Waals surface area (Å²) < 4.78 is 12.6. The van der Waals surface area contributed by atoms with Crippen LogP contribution in [0.15, 0.2) is 6.20 Å². The lowest BCUT2D eigenvalue weighted by atomic mass is 10.00. The van der Waals surface area contributed by atoms with Gasteiger partial charge in [0.25, 0.3) is 0 Å². The van der Waals surface area contributed by atoms with Gasteiger partial charge in [-0.1, -0.05) is 12.1 Å². The largest absolute Gasteiger partial charge is 0.456 e. The Labute approximate surface area is 166 Å². The SMILES string of the molecule is CCOC(=O)C#Cc1cn([C@H](C)C[C@@H]2CC[C@H]([C@@H](C)C(=O)NC(C)C)O2)nn1. The van der Waals surface area contributed by atoms with Crippen LogP contribution in [0.3, 0.4) is 0 Å². The van der Waals surface area contributed by atoms with Crippen molar-refractivity contribution >= 4 is 11.9 Å². The number of nitrogens with zero attached hydrogens (tertiary/aromatic N) is 3. The molecule has 0 unspecified atom stereocenters. The Morgan fingerprint density at radius 1 is 1.36 bits per heavy atom. The summed E-state index contributed by atoms with van der Waals surface area (Å²) >= 11 is 0. The number of hydrogen-bond donors (Lipinski definition) is 1. The molecule has 1 aromatic heterocycles. The van der Waals surface area contributed by atoms with E-state index in [0.29, 0.717) is 5.69 Å². The first-order chi connectivity index (χ1) is 13.3. The summed E-state index contributed by atoms with van der Waals surface area (Å²) in [5.41, 5.74) is 0.420. The molecule has 0 bridgehead atoms. The second-order valence-corrected chi connectivity index (χ2v) is 7.46. The highest BCUT2D eigenvalue weighted by atomic mass is 16.5. The molecule has 8 nitrogen and oxygen atoms in total. The Hall–Kier alpha value is -2.40. The first-order valence-electron chi connectivity index (χ1n) is 9.86. The fourth-order valence-electron chi connectivity index (χ4n) is 3.18. The topological polar surface area (TPSA) is 95.3 Å². The molecule has 0 aliphatic carbocycles. The molecule has 8 heteroatoms. The standard InChI is InChI=1S/C20H30N4O4/c1-6-27-19(25)10-7-16-12-24(23-22-16)14(4)11-17-8-9-18(28-17)15(5)20(26)21-13(2)3/h12-15,17-18H,6,8-9,11H2,1-5H3,(H,21,26)/t14-,15-,17+,18-/m1/s1. The number of aromatic nitrogens is 3. The molecule has 1 aromatic rings. The molecule has 1 N–H and O–H groups in total. The van der Waals surface area contributed by atoms with Crippen LogP contribution >= 0.6 is 0 Å². The average Bonchev–Trinajstić information content (AvgIpc) is 3.28. The monoisotopic (exact) mass is 390 g/mol. The zero-order valence-corrected chi connectivity index (χ0v) is 17.3. The van der Waals surface area contributed by atoms with Gasteiger partial charge in [-0.05, 0) is 52.9 Å². The van der Waals surface area contributed by atoms with E-state index in [0.717, 1.165) is 19.3 Å². The third kappa shape index (κ3) is 6.34. The third-order valence-electron chi connectivity index (χ3n) is 4.68. The van der Waals surface area contributed by atoms with Gasteiger partial charge in [0.15, 0.2) is 5.69 Å². The molecule has 154 valence electrons. The van der Waals surface area contributed by atoms with Gasteiger partial charge in [-0.2, -0.15) is 0 Å². The summed E-state index contributed by atoms with van der Waals surface area (Å²) in [6.07, 6.45) is 4.28. The minimum atomic E-state index is -0.578. The summed E-state index contributed by atoms with van der Waals surface area (Å²) in [6.45, 7) is 9.87. The highest BCUT2D eigenvalue weighted by molar-refractivity contribution is 5.88. The van der Waals surface area contributed by atoms with E-state index in [1.807, 2.05) is 27.7 Å². The lowest BCUT2D eigenvalue weighted by molar-refractivity contribution is -0.136. The summed E-state index contributed by atoms with van der Waals surface area (Å²) in [6, 6.07) is 0.190. The fraction of sp³-hybridized carbons (Fsp3) is 0.700. The van der Waals surface area contributed by atoms with Crippen LogP contribution < -0.4 is 5.32 Å². The van der Waals surface area contributed by atoms with Crippen molar-refractivity contribution in [3.8, 4) is 11.8 Å². The summed E-state index contributed by atoms with van der Waals surface area (Å²) in [5, 5.41) is 11.0. The van der Waals surface area contributed by atoms with Gasteiger partial charge >= 0.3 is 5.97 Å². The van der Waals surface area contributed by atoms with E-state index in [2.05, 4.69) is 27.5 Å². The van der Waals surface area contributed by atoms with Crippen molar-refractivity contribution in [2.24, 2.45) is 5.92 Å². The van der Waals surface area contributed by atoms with Crippen molar-refractivity contribution in [1.82, 2.24) is 20.3 Å². The van der Waals surface area contributed by atoms with E-state index in [-0.39, 0.29) is 42.7 Å². The van der Waals surface area contributed by atoms with Crippen LogP contribution in [-0.4, -0.2) is 51.7 Å². The van der Waals surface area contributed by atoms with E-state index in [1.165, 1.54) is 0 Å². The number of rotatable bonds is 7. The van der Waals surface area contributed by atoms with Crippen molar-refractivity contribution in [2.45, 2.75) is 78.2 Å². The Morgan fingerprint density at radius 3 is 2.79 bits per heavy atom. The number of hydrogen-bond acceptors (Lipinski definition) is 6. The molecular formula is C20H30N4O4. The first-order valence-corrected chi connectivity index (χ1v) is 9.86. The normalized spacial score (nSPS) is 20.9. The summed E-state index contributed by atoms with van der Waals surface area (Å²) in [7, 11) is 0. The quantitative estimate of drug-likeness (QED) is 0.564. The number of amides is 1. The number of ether oxygens (including phenoxy) is 2. The van der Waals surface area contributed by atoms with Crippen molar-refractivity contribution in [3.05, 3.63) is 11.9 Å². The maximum Gasteiger partial charge on any atom is 0.384 e. The Kier molecular flexibility index (Phi) is 8.00. The predicted octanol–water partition coefficient (Wildman–Crippen LogP) is 1.85. The Balaban J connectivity index is 1.86. The van der Waals surface area contributed by atoms with Gasteiger partial charge in [0, 0.05) is 12.0 Å². The Morgan fingerprint density at radius 2 is 2.11 bits per heavy atom. The molecular weight excluding hydrogens is 360 g/mol. The van der Waals surface area contributed by atoms with Crippen molar-refractivity contribution < 1.29 is 19.1 Å². The van der Waals surface area contributed by atoms with Gasteiger partial charge in [-0.15, -0.1) is 5.10 Å². The molecule has 0 spiro atoms. The van der Waals surface area contributed by atoms with E-state index in [1.54, 1.807) is 17.8 Å². The maximum atomic E-state index is 12.2. The molecule has 1 aliphatic heterocycles. The molecule has 1 aliphatic rings. The zero-order chi connectivity index (χ0) is 20.7. The molecule has 1 amide bonds.